The van der Waals surface area contributed by atoms with E-state index in [1.165, 1.54) is 5.19 Å². The van der Waals surface area contributed by atoms with E-state index in [4.69, 9.17) is 9.40 Å². The molecule has 0 aliphatic rings. The van der Waals surface area contributed by atoms with Crippen LogP contribution in [0.3, 0.4) is 0 Å². The van der Waals surface area contributed by atoms with Crippen molar-refractivity contribution in [1.29, 1.82) is 0 Å². The number of nitrogens with zero attached hydrogens (tertiary/aromatic N) is 1. The fourth-order valence-corrected chi connectivity index (χ4v) is 4.31. The Bertz CT molecular complexity index is 1000. The quantitative estimate of drug-likeness (QED) is 0.282. The predicted molar refractivity (Wildman–Crippen MR) is 98.8 cm³/mol. The summed E-state index contributed by atoms with van der Waals surface area (Å²) in [5.74, 6) is 0. The molecule has 0 spiro atoms. The number of aromatic nitrogens is 1. The van der Waals surface area contributed by atoms with Gasteiger partial charge in [0.2, 0.25) is 0 Å². The van der Waals surface area contributed by atoms with Crippen molar-refractivity contribution < 1.29 is 24.5 Å². The largest absolute Gasteiger partial charge is 0.457 e. The number of fused-ring (bicyclic) bond motifs is 3. The van der Waals surface area contributed by atoms with Crippen LogP contribution >= 0.6 is 0 Å². The van der Waals surface area contributed by atoms with Crippen molar-refractivity contribution in [2.75, 3.05) is 0 Å². The van der Waals surface area contributed by atoms with E-state index in [-0.39, 0.29) is 20.1 Å². The second kappa shape index (κ2) is 6.28. The molecule has 0 fully saturated rings. The van der Waals surface area contributed by atoms with Crippen molar-refractivity contribution in [1.82, 2.24) is 4.98 Å². The van der Waals surface area contributed by atoms with Crippen LogP contribution in [0.1, 0.15) is 0 Å². The van der Waals surface area contributed by atoms with Crippen LogP contribution in [0.15, 0.2) is 59.1 Å². The van der Waals surface area contributed by atoms with Crippen molar-refractivity contribution >= 4 is 35.2 Å². The first-order valence-electron chi connectivity index (χ1n) is 7.83. The van der Waals surface area contributed by atoms with Crippen LogP contribution in [-0.2, 0) is 20.1 Å². The number of pyridine rings is 1. The van der Waals surface area contributed by atoms with Crippen LogP contribution in [-0.4, -0.2) is 13.1 Å². The monoisotopic (exact) mass is 509 g/mol. The SMILES string of the molecule is C[Si](C)(C)c1cnc(-c2[c-]cccc2)c2c1oc1ccccc12.[Ir]. The van der Waals surface area contributed by atoms with E-state index in [1.54, 1.807) is 0 Å². The summed E-state index contributed by atoms with van der Waals surface area (Å²) in [5.41, 5.74) is 3.87. The topological polar surface area (TPSA) is 26.0 Å². The Morgan fingerprint density at radius 2 is 1.75 bits per heavy atom. The van der Waals surface area contributed by atoms with Gasteiger partial charge in [-0.2, -0.15) is 0 Å². The van der Waals surface area contributed by atoms with E-state index in [9.17, 15) is 0 Å². The molecule has 2 heterocycles. The second-order valence-electron chi connectivity index (χ2n) is 6.85. The molecular weight excluding hydrogens is 491 g/mol. The molecule has 0 atom stereocenters. The second-order valence-corrected chi connectivity index (χ2v) is 11.9. The average molecular weight is 509 g/mol. The maximum atomic E-state index is 6.25. The molecule has 0 saturated heterocycles. The molecule has 4 aromatic rings. The number of rotatable bonds is 2. The molecule has 123 valence electrons. The Balaban J connectivity index is 0.00000169. The summed E-state index contributed by atoms with van der Waals surface area (Å²) in [6, 6.07) is 19.5. The van der Waals surface area contributed by atoms with Crippen molar-refractivity contribution in [2.45, 2.75) is 19.6 Å². The van der Waals surface area contributed by atoms with Gasteiger partial charge in [-0.25, -0.2) is 0 Å². The Labute approximate surface area is 156 Å². The molecule has 0 N–H and O–H groups in total. The Morgan fingerprint density at radius 3 is 2.46 bits per heavy atom. The fraction of sp³-hybridized carbons (Fsp3) is 0.150. The van der Waals surface area contributed by atoms with E-state index in [1.807, 2.05) is 36.5 Å². The van der Waals surface area contributed by atoms with Gasteiger partial charge in [-0.15, -0.1) is 35.9 Å². The standard InChI is InChI=1S/C20H18NOSi.Ir/c1-23(2,3)17-13-21-19(14-9-5-4-6-10-14)18-15-11-7-8-12-16(15)22-20(17)18;/h4-9,11-13H,1-3H3;/q-1;. The Kier molecular flexibility index (Phi) is 4.47. The molecule has 4 rings (SSSR count). The summed E-state index contributed by atoms with van der Waals surface area (Å²) in [6.07, 6.45) is 2.01. The molecular formula is C20H18IrNOSi-. The third kappa shape index (κ3) is 2.75. The molecule has 0 amide bonds. The van der Waals surface area contributed by atoms with Gasteiger partial charge in [0.1, 0.15) is 11.2 Å². The van der Waals surface area contributed by atoms with Crippen molar-refractivity contribution in [3.05, 3.63) is 60.8 Å². The van der Waals surface area contributed by atoms with Crippen LogP contribution in [0.4, 0.5) is 0 Å². The Morgan fingerprint density at radius 1 is 1.00 bits per heavy atom. The zero-order chi connectivity index (χ0) is 16.0. The summed E-state index contributed by atoms with van der Waals surface area (Å²) in [7, 11) is -1.55. The van der Waals surface area contributed by atoms with Crippen LogP contribution in [0.5, 0.6) is 0 Å². The average Bonchev–Trinajstić information content (AvgIpc) is 2.93. The minimum Gasteiger partial charge on any atom is -0.457 e. The van der Waals surface area contributed by atoms with Gasteiger partial charge in [-0.1, -0.05) is 37.8 Å². The van der Waals surface area contributed by atoms with Gasteiger partial charge in [-0.3, -0.25) is 0 Å². The maximum absolute atomic E-state index is 6.25. The first-order valence-corrected chi connectivity index (χ1v) is 11.3. The molecule has 2 aromatic carbocycles. The third-order valence-electron chi connectivity index (χ3n) is 4.17. The molecule has 4 heteroatoms. The van der Waals surface area contributed by atoms with Crippen LogP contribution < -0.4 is 5.19 Å². The molecule has 0 saturated carbocycles. The maximum Gasteiger partial charge on any atom is 0.134 e. The van der Waals surface area contributed by atoms with Gasteiger partial charge in [0.25, 0.3) is 0 Å². The van der Waals surface area contributed by atoms with Gasteiger partial charge in [0.05, 0.1) is 8.07 Å². The smallest absolute Gasteiger partial charge is 0.134 e. The van der Waals surface area contributed by atoms with E-state index >= 15 is 0 Å². The molecule has 0 bridgehead atoms. The summed E-state index contributed by atoms with van der Waals surface area (Å²) < 4.78 is 6.25. The fourth-order valence-electron chi connectivity index (χ4n) is 3.00. The van der Waals surface area contributed by atoms with E-state index < -0.39 is 8.07 Å². The molecule has 1 radical (unpaired) electrons. The van der Waals surface area contributed by atoms with Crippen LogP contribution in [0.2, 0.25) is 19.6 Å². The van der Waals surface area contributed by atoms with E-state index in [0.717, 1.165) is 33.2 Å². The normalized spacial score (nSPS) is 11.6. The number of furan rings is 1. The Hall–Kier alpha value is -1.74. The minimum atomic E-state index is -1.55. The molecule has 2 aromatic heterocycles. The summed E-state index contributed by atoms with van der Waals surface area (Å²) in [6.45, 7) is 6.97. The summed E-state index contributed by atoms with van der Waals surface area (Å²) in [4.78, 5) is 4.81. The molecule has 0 aliphatic heterocycles. The number of hydrogen-bond acceptors (Lipinski definition) is 2. The van der Waals surface area contributed by atoms with E-state index in [0.29, 0.717) is 0 Å². The van der Waals surface area contributed by atoms with Gasteiger partial charge >= 0.3 is 0 Å². The zero-order valence-electron chi connectivity index (χ0n) is 13.9. The zero-order valence-corrected chi connectivity index (χ0v) is 17.3. The first kappa shape index (κ1) is 17.1. The van der Waals surface area contributed by atoms with Crippen molar-refractivity contribution in [3.63, 3.8) is 0 Å². The minimum absolute atomic E-state index is 0. The van der Waals surface area contributed by atoms with Gasteiger partial charge < -0.3 is 9.40 Å². The van der Waals surface area contributed by atoms with Crippen LogP contribution in [0.25, 0.3) is 33.2 Å². The summed E-state index contributed by atoms with van der Waals surface area (Å²) >= 11 is 0. The molecule has 24 heavy (non-hydrogen) atoms. The third-order valence-corrected chi connectivity index (χ3v) is 6.14. The van der Waals surface area contributed by atoms with Gasteiger partial charge in [0, 0.05) is 37.1 Å². The number of benzene rings is 2. The van der Waals surface area contributed by atoms with Crippen molar-refractivity contribution in [3.8, 4) is 11.3 Å². The molecule has 0 aliphatic carbocycles. The number of para-hydroxylation sites is 1. The van der Waals surface area contributed by atoms with Crippen LogP contribution in [0, 0.1) is 6.07 Å². The predicted octanol–water partition coefficient (Wildman–Crippen LogP) is 4.99. The van der Waals surface area contributed by atoms with E-state index in [2.05, 4.69) is 43.9 Å². The number of hydrogen-bond donors (Lipinski definition) is 0. The van der Waals surface area contributed by atoms with Gasteiger partial charge in [0.15, 0.2) is 0 Å². The van der Waals surface area contributed by atoms with Crippen molar-refractivity contribution in [2.24, 2.45) is 0 Å². The molecule has 2 nitrogen and oxygen atoms in total. The first-order chi connectivity index (χ1) is 11.1. The van der Waals surface area contributed by atoms with Gasteiger partial charge in [-0.05, 0) is 16.9 Å². The summed E-state index contributed by atoms with van der Waals surface area (Å²) in [5, 5.41) is 3.51. The molecule has 0 unspecified atom stereocenters.